The Morgan fingerprint density at radius 1 is 1.29 bits per heavy atom. The highest BCUT2D eigenvalue weighted by atomic mass is 32.1. The summed E-state index contributed by atoms with van der Waals surface area (Å²) in [7, 11) is 0. The number of amides is 2. The van der Waals surface area contributed by atoms with Crippen molar-refractivity contribution in [3.8, 4) is 0 Å². The van der Waals surface area contributed by atoms with Crippen LogP contribution in [0.5, 0.6) is 0 Å². The molecular weight excluding hydrogens is 435 g/mol. The Morgan fingerprint density at radius 2 is 2.00 bits per heavy atom. The van der Waals surface area contributed by atoms with Crippen molar-refractivity contribution in [2.45, 2.75) is 19.5 Å². The van der Waals surface area contributed by atoms with Crippen molar-refractivity contribution in [3.63, 3.8) is 0 Å². The molecule has 0 aliphatic carbocycles. The molecule has 0 unspecified atom stereocenters. The van der Waals surface area contributed by atoms with Gasteiger partial charge < -0.3 is 14.9 Å². The molecule has 11 heteroatoms. The number of aliphatic carboxylic acids is 1. The highest BCUT2D eigenvalue weighted by Gasteiger charge is 2.56. The molecule has 4 rings (SSSR count). The number of anilines is 1. The Kier molecular flexibility index (Phi) is 6.35. The summed E-state index contributed by atoms with van der Waals surface area (Å²) in [5.41, 5.74) is 0.387. The summed E-state index contributed by atoms with van der Waals surface area (Å²) in [4.78, 5) is 43.2. The van der Waals surface area contributed by atoms with Gasteiger partial charge in [-0.1, -0.05) is 13.0 Å². The molecule has 2 aliphatic rings. The second-order valence-corrected chi connectivity index (χ2v) is 8.39. The van der Waals surface area contributed by atoms with Gasteiger partial charge in [0.2, 0.25) is 5.91 Å². The minimum absolute atomic E-state index is 0.0429. The van der Waals surface area contributed by atoms with E-state index in [2.05, 4.69) is 11.9 Å². The SMILES string of the molecule is C[C@@H]1CN(C(=O)c2cccs2)C[C@]12CCN(c1cccnc1)C2=O.O=C(O)C(F)(F)F. The van der Waals surface area contributed by atoms with Crippen LogP contribution in [-0.2, 0) is 9.59 Å². The fraction of sp³-hybridized carbons (Fsp3) is 0.400. The van der Waals surface area contributed by atoms with E-state index in [1.165, 1.54) is 11.3 Å². The predicted octanol–water partition coefficient (Wildman–Crippen LogP) is 3.29. The molecule has 31 heavy (non-hydrogen) atoms. The molecule has 1 spiro atoms. The van der Waals surface area contributed by atoms with E-state index in [9.17, 15) is 22.8 Å². The number of thiophene rings is 1. The van der Waals surface area contributed by atoms with Gasteiger partial charge in [0, 0.05) is 25.8 Å². The number of carbonyl (C=O) groups is 3. The molecule has 4 heterocycles. The Bertz CT molecular complexity index is 952. The number of likely N-dealkylation sites (tertiary alicyclic amines) is 1. The molecule has 0 aromatic carbocycles. The number of alkyl halides is 3. The summed E-state index contributed by atoms with van der Waals surface area (Å²) >= 11 is 1.45. The molecule has 166 valence electrons. The smallest absolute Gasteiger partial charge is 0.475 e. The lowest BCUT2D eigenvalue weighted by Crippen LogP contribution is -2.40. The maximum atomic E-state index is 13.2. The molecule has 0 bridgehead atoms. The summed E-state index contributed by atoms with van der Waals surface area (Å²) in [6, 6.07) is 7.50. The maximum Gasteiger partial charge on any atom is 0.490 e. The lowest BCUT2D eigenvalue weighted by Gasteiger charge is -2.26. The molecule has 2 saturated heterocycles. The number of hydrogen-bond donors (Lipinski definition) is 1. The minimum Gasteiger partial charge on any atom is -0.475 e. The van der Waals surface area contributed by atoms with Gasteiger partial charge in [0.15, 0.2) is 0 Å². The fourth-order valence-corrected chi connectivity index (χ4v) is 4.62. The van der Waals surface area contributed by atoms with E-state index < -0.39 is 17.6 Å². The van der Waals surface area contributed by atoms with E-state index in [-0.39, 0.29) is 17.7 Å². The summed E-state index contributed by atoms with van der Waals surface area (Å²) in [5.74, 6) is -2.42. The van der Waals surface area contributed by atoms with E-state index in [0.717, 1.165) is 17.0 Å². The monoisotopic (exact) mass is 455 g/mol. The normalized spacial score (nSPS) is 23.1. The number of carboxylic acid groups (broad SMARTS) is 1. The molecule has 2 aliphatic heterocycles. The third-order valence-corrected chi connectivity index (χ3v) is 6.44. The number of carbonyl (C=O) groups excluding carboxylic acids is 2. The highest BCUT2D eigenvalue weighted by Crippen LogP contribution is 2.46. The van der Waals surface area contributed by atoms with Crippen LogP contribution in [0, 0.1) is 11.3 Å². The lowest BCUT2D eigenvalue weighted by atomic mass is 9.78. The van der Waals surface area contributed by atoms with Crippen LogP contribution in [0.2, 0.25) is 0 Å². The van der Waals surface area contributed by atoms with Gasteiger partial charge in [0.25, 0.3) is 5.91 Å². The first-order valence-electron chi connectivity index (χ1n) is 9.41. The molecule has 2 aromatic heterocycles. The largest absolute Gasteiger partial charge is 0.490 e. The summed E-state index contributed by atoms with van der Waals surface area (Å²) in [6.45, 7) is 3.94. The second-order valence-electron chi connectivity index (χ2n) is 7.44. The van der Waals surface area contributed by atoms with Crippen LogP contribution in [0.4, 0.5) is 18.9 Å². The van der Waals surface area contributed by atoms with E-state index in [0.29, 0.717) is 19.6 Å². The molecule has 2 fully saturated rings. The van der Waals surface area contributed by atoms with Gasteiger partial charge in [-0.3, -0.25) is 14.6 Å². The summed E-state index contributed by atoms with van der Waals surface area (Å²) < 4.78 is 31.7. The van der Waals surface area contributed by atoms with Crippen LogP contribution in [-0.4, -0.2) is 58.6 Å². The summed E-state index contributed by atoms with van der Waals surface area (Å²) in [6.07, 6.45) is -0.860. The molecule has 7 nitrogen and oxygen atoms in total. The van der Waals surface area contributed by atoms with Crippen LogP contribution in [0.15, 0.2) is 42.0 Å². The van der Waals surface area contributed by atoms with Gasteiger partial charge in [-0.05, 0) is 35.9 Å². The Balaban J connectivity index is 0.000000339. The van der Waals surface area contributed by atoms with Gasteiger partial charge in [-0.25, -0.2) is 4.79 Å². The van der Waals surface area contributed by atoms with Crippen molar-refractivity contribution < 1.29 is 32.7 Å². The first kappa shape index (κ1) is 22.7. The number of pyridine rings is 1. The Morgan fingerprint density at radius 3 is 2.55 bits per heavy atom. The third-order valence-electron chi connectivity index (χ3n) is 5.58. The number of nitrogens with zero attached hydrogens (tertiary/aromatic N) is 3. The zero-order chi connectivity index (χ0) is 22.8. The topological polar surface area (TPSA) is 90.8 Å². The van der Waals surface area contributed by atoms with Crippen LogP contribution in [0.3, 0.4) is 0 Å². The Hall–Kier alpha value is -2.95. The third kappa shape index (κ3) is 4.55. The van der Waals surface area contributed by atoms with Gasteiger partial charge >= 0.3 is 12.1 Å². The number of rotatable bonds is 2. The van der Waals surface area contributed by atoms with E-state index >= 15 is 0 Å². The second kappa shape index (κ2) is 8.66. The fourth-order valence-electron chi connectivity index (χ4n) is 3.93. The highest BCUT2D eigenvalue weighted by molar-refractivity contribution is 7.12. The van der Waals surface area contributed by atoms with Crippen molar-refractivity contribution in [2.24, 2.45) is 11.3 Å². The van der Waals surface area contributed by atoms with Crippen molar-refractivity contribution in [3.05, 3.63) is 46.9 Å². The zero-order valence-electron chi connectivity index (χ0n) is 16.5. The standard InChI is InChI=1S/C18H19N3O2S.C2HF3O2/c1-13-11-20(16(22)15-5-3-9-24-15)12-18(13)6-8-21(17(18)23)14-4-2-7-19-10-14;3-2(4,5)1(6)7/h2-5,7,9-10,13H,6,8,11-12H2,1H3;(H,6,7)/t13-,18-;/m1./s1. The van der Waals surface area contributed by atoms with Crippen LogP contribution >= 0.6 is 11.3 Å². The molecule has 2 aromatic rings. The number of carboxylic acids is 1. The molecular formula is C20H20F3N3O4S. The van der Waals surface area contributed by atoms with Gasteiger partial charge in [-0.15, -0.1) is 11.3 Å². The van der Waals surface area contributed by atoms with Crippen molar-refractivity contribution in [1.29, 1.82) is 0 Å². The minimum atomic E-state index is -5.08. The van der Waals surface area contributed by atoms with Crippen LogP contribution < -0.4 is 4.90 Å². The van der Waals surface area contributed by atoms with Gasteiger partial charge in [0.05, 0.1) is 22.2 Å². The maximum absolute atomic E-state index is 13.2. The summed E-state index contributed by atoms with van der Waals surface area (Å²) in [5, 5.41) is 9.04. The lowest BCUT2D eigenvalue weighted by molar-refractivity contribution is -0.192. The van der Waals surface area contributed by atoms with Crippen LogP contribution in [0.25, 0.3) is 0 Å². The first-order chi connectivity index (χ1) is 14.6. The average molecular weight is 455 g/mol. The van der Waals surface area contributed by atoms with Gasteiger partial charge in [0.1, 0.15) is 0 Å². The van der Waals surface area contributed by atoms with Crippen molar-refractivity contribution >= 4 is 34.8 Å². The van der Waals surface area contributed by atoms with Gasteiger partial charge in [-0.2, -0.15) is 13.2 Å². The molecule has 0 saturated carbocycles. The van der Waals surface area contributed by atoms with Crippen molar-refractivity contribution in [2.75, 3.05) is 24.5 Å². The van der Waals surface area contributed by atoms with E-state index in [1.807, 2.05) is 39.4 Å². The zero-order valence-corrected chi connectivity index (χ0v) is 17.3. The number of halogens is 3. The number of aromatic nitrogens is 1. The molecule has 2 amide bonds. The van der Waals surface area contributed by atoms with Crippen molar-refractivity contribution in [1.82, 2.24) is 9.88 Å². The molecule has 1 N–H and O–H groups in total. The quantitative estimate of drug-likeness (QED) is 0.751. The number of hydrogen-bond acceptors (Lipinski definition) is 5. The molecule has 2 atom stereocenters. The predicted molar refractivity (Wildman–Crippen MR) is 107 cm³/mol. The first-order valence-corrected chi connectivity index (χ1v) is 10.3. The van der Waals surface area contributed by atoms with E-state index in [4.69, 9.17) is 9.90 Å². The molecule has 0 radical (unpaired) electrons. The van der Waals surface area contributed by atoms with E-state index in [1.54, 1.807) is 12.4 Å². The average Bonchev–Trinajstić information content (AvgIpc) is 3.44. The van der Waals surface area contributed by atoms with Crippen LogP contribution in [0.1, 0.15) is 23.0 Å². The Labute approximate surface area is 180 Å².